The van der Waals surface area contributed by atoms with Crippen molar-refractivity contribution in [3.05, 3.63) is 22.7 Å². The van der Waals surface area contributed by atoms with Crippen molar-refractivity contribution >= 4 is 39.3 Å². The lowest BCUT2D eigenvalue weighted by Gasteiger charge is -2.08. The van der Waals surface area contributed by atoms with Gasteiger partial charge in [0.25, 0.3) is 0 Å². The summed E-state index contributed by atoms with van der Waals surface area (Å²) in [7, 11) is 0. The number of rotatable bonds is 3. The molecule has 0 atom stereocenters. The fourth-order valence-electron chi connectivity index (χ4n) is 0.998. The molecule has 6 nitrogen and oxygen atoms in total. The molecule has 0 fully saturated rings. The molecule has 1 rings (SSSR count). The van der Waals surface area contributed by atoms with Crippen LogP contribution < -0.4 is 16.4 Å². The molecule has 0 saturated carbocycles. The van der Waals surface area contributed by atoms with Crippen LogP contribution in [0.2, 0.25) is 0 Å². The summed E-state index contributed by atoms with van der Waals surface area (Å²) in [4.78, 5) is 21.4. The first-order valence-electron chi connectivity index (χ1n) is 4.30. The molecule has 0 aliphatic heterocycles. The average Bonchev–Trinajstić information content (AvgIpc) is 2.19. The molecule has 0 aliphatic rings. The maximum Gasteiger partial charge on any atom is 0.405 e. The molecule has 2 amide bonds. The lowest BCUT2D eigenvalue weighted by Crippen LogP contribution is -2.31. The predicted molar refractivity (Wildman–Crippen MR) is 63.2 cm³/mol. The van der Waals surface area contributed by atoms with Gasteiger partial charge in [-0.3, -0.25) is 4.79 Å². The first-order chi connectivity index (χ1) is 7.49. The third kappa shape index (κ3) is 3.77. The topological polar surface area (TPSA) is 104 Å². The van der Waals surface area contributed by atoms with E-state index in [1.54, 1.807) is 18.2 Å². The van der Waals surface area contributed by atoms with Crippen molar-refractivity contribution in [2.45, 2.75) is 0 Å². The summed E-state index contributed by atoms with van der Waals surface area (Å²) in [5.74, 6) is -0.476. The van der Waals surface area contributed by atoms with Gasteiger partial charge in [-0.05, 0) is 18.2 Å². The smallest absolute Gasteiger partial charge is 0.405 e. The monoisotopic (exact) mass is 287 g/mol. The number of anilines is 2. The van der Waals surface area contributed by atoms with Crippen molar-refractivity contribution in [1.29, 1.82) is 0 Å². The van der Waals surface area contributed by atoms with Crippen molar-refractivity contribution in [3.8, 4) is 0 Å². The van der Waals surface area contributed by atoms with Gasteiger partial charge in [-0.2, -0.15) is 0 Å². The minimum absolute atomic E-state index is 0.315. The van der Waals surface area contributed by atoms with Crippen LogP contribution in [0.1, 0.15) is 0 Å². The van der Waals surface area contributed by atoms with E-state index in [9.17, 15) is 9.59 Å². The van der Waals surface area contributed by atoms with Gasteiger partial charge < -0.3 is 21.5 Å². The molecule has 0 unspecified atom stereocenters. The van der Waals surface area contributed by atoms with Crippen LogP contribution in [0.4, 0.5) is 16.2 Å². The quantitative estimate of drug-likeness (QED) is 0.628. The molecule has 7 heteroatoms. The van der Waals surface area contributed by atoms with Crippen LogP contribution in [0.5, 0.6) is 0 Å². The molecule has 0 spiro atoms. The highest BCUT2D eigenvalue weighted by Gasteiger charge is 2.06. The summed E-state index contributed by atoms with van der Waals surface area (Å²) in [5.41, 5.74) is 6.49. The molecule has 86 valence electrons. The SMILES string of the molecule is Nc1cc(Br)ccc1NC(=O)CNC(=O)O. The number of nitrogens with two attached hydrogens (primary N) is 1. The van der Waals surface area contributed by atoms with E-state index in [0.717, 1.165) is 4.47 Å². The highest BCUT2D eigenvalue weighted by Crippen LogP contribution is 2.22. The van der Waals surface area contributed by atoms with E-state index in [0.29, 0.717) is 11.4 Å². The van der Waals surface area contributed by atoms with Gasteiger partial charge in [0.05, 0.1) is 11.4 Å². The highest BCUT2D eigenvalue weighted by molar-refractivity contribution is 9.10. The van der Waals surface area contributed by atoms with Gasteiger partial charge in [0.15, 0.2) is 0 Å². The molecule has 1 aromatic rings. The molecular weight excluding hydrogens is 278 g/mol. The molecule has 0 heterocycles. The van der Waals surface area contributed by atoms with E-state index in [2.05, 4.69) is 21.2 Å². The van der Waals surface area contributed by atoms with Crippen molar-refractivity contribution in [3.63, 3.8) is 0 Å². The lowest BCUT2D eigenvalue weighted by molar-refractivity contribution is -0.115. The summed E-state index contributed by atoms with van der Waals surface area (Å²) >= 11 is 3.23. The maximum atomic E-state index is 11.2. The summed E-state index contributed by atoms with van der Waals surface area (Å²) < 4.78 is 0.798. The number of carbonyl (C=O) groups is 2. The molecule has 0 radical (unpaired) electrons. The maximum absolute atomic E-state index is 11.2. The highest BCUT2D eigenvalue weighted by atomic mass is 79.9. The Morgan fingerprint density at radius 3 is 2.69 bits per heavy atom. The lowest BCUT2D eigenvalue weighted by atomic mass is 10.2. The average molecular weight is 288 g/mol. The van der Waals surface area contributed by atoms with Crippen LogP contribution in [0.15, 0.2) is 22.7 Å². The number of amides is 2. The summed E-state index contributed by atoms with van der Waals surface area (Å²) in [6.07, 6.45) is -1.25. The van der Waals surface area contributed by atoms with Gasteiger partial charge in [-0.15, -0.1) is 0 Å². The van der Waals surface area contributed by atoms with Crippen LogP contribution in [0.3, 0.4) is 0 Å². The van der Waals surface area contributed by atoms with Crippen molar-refractivity contribution in [1.82, 2.24) is 5.32 Å². The third-order valence-corrected chi connectivity index (χ3v) is 2.18. The van der Waals surface area contributed by atoms with Crippen molar-refractivity contribution in [2.75, 3.05) is 17.6 Å². The Morgan fingerprint density at radius 1 is 1.44 bits per heavy atom. The molecule has 1 aromatic carbocycles. The van der Waals surface area contributed by atoms with Gasteiger partial charge in [0.1, 0.15) is 6.54 Å². The first kappa shape index (κ1) is 12.3. The van der Waals surface area contributed by atoms with Crippen LogP contribution in [-0.4, -0.2) is 23.7 Å². The largest absolute Gasteiger partial charge is 0.465 e. The molecule has 0 aliphatic carbocycles. The molecule has 5 N–H and O–H groups in total. The molecular formula is C9H10BrN3O3. The second kappa shape index (κ2) is 5.36. The first-order valence-corrected chi connectivity index (χ1v) is 5.10. The minimum Gasteiger partial charge on any atom is -0.465 e. The predicted octanol–water partition coefficient (Wildman–Crippen LogP) is 1.24. The van der Waals surface area contributed by atoms with Crippen LogP contribution in [0, 0.1) is 0 Å². The molecule has 16 heavy (non-hydrogen) atoms. The zero-order valence-electron chi connectivity index (χ0n) is 8.16. The Balaban J connectivity index is 2.59. The van der Waals surface area contributed by atoms with E-state index in [-0.39, 0.29) is 6.54 Å². The summed E-state index contributed by atoms with van der Waals surface area (Å²) in [6, 6.07) is 4.98. The zero-order valence-corrected chi connectivity index (χ0v) is 9.74. The Bertz CT molecular complexity index is 422. The van der Waals surface area contributed by atoms with E-state index in [4.69, 9.17) is 10.8 Å². The second-order valence-corrected chi connectivity index (χ2v) is 3.85. The van der Waals surface area contributed by atoms with Crippen molar-refractivity contribution < 1.29 is 14.7 Å². The van der Waals surface area contributed by atoms with Gasteiger partial charge in [-0.25, -0.2) is 4.79 Å². The number of hydrogen-bond acceptors (Lipinski definition) is 3. The second-order valence-electron chi connectivity index (χ2n) is 2.94. The fraction of sp³-hybridized carbons (Fsp3) is 0.111. The van der Waals surface area contributed by atoms with Crippen molar-refractivity contribution in [2.24, 2.45) is 0 Å². The number of benzene rings is 1. The van der Waals surface area contributed by atoms with Gasteiger partial charge >= 0.3 is 6.09 Å². The van der Waals surface area contributed by atoms with E-state index >= 15 is 0 Å². The standard InChI is InChI=1S/C9H10BrN3O3/c10-5-1-2-7(6(11)3-5)13-8(14)4-12-9(15)16/h1-3,12H,4,11H2,(H,13,14)(H,15,16). The summed E-state index contributed by atoms with van der Waals surface area (Å²) in [5, 5.41) is 12.7. The Morgan fingerprint density at radius 2 is 2.12 bits per heavy atom. The number of carbonyl (C=O) groups excluding carboxylic acids is 1. The summed E-state index contributed by atoms with van der Waals surface area (Å²) in [6.45, 7) is -0.315. The Hall–Kier alpha value is -1.76. The normalized spacial score (nSPS) is 9.56. The van der Waals surface area contributed by atoms with Crippen LogP contribution >= 0.6 is 15.9 Å². The van der Waals surface area contributed by atoms with Gasteiger partial charge in [0, 0.05) is 4.47 Å². The Labute approximate surface area is 100.0 Å². The number of carboxylic acid groups (broad SMARTS) is 1. The minimum atomic E-state index is -1.25. The number of halogens is 1. The van der Waals surface area contributed by atoms with E-state index < -0.39 is 12.0 Å². The Kier molecular flexibility index (Phi) is 4.12. The van der Waals surface area contributed by atoms with E-state index in [1.165, 1.54) is 0 Å². The number of nitrogens with one attached hydrogen (secondary N) is 2. The fourth-order valence-corrected chi connectivity index (χ4v) is 1.38. The third-order valence-electron chi connectivity index (χ3n) is 1.69. The van der Waals surface area contributed by atoms with Crippen LogP contribution in [0.25, 0.3) is 0 Å². The van der Waals surface area contributed by atoms with Gasteiger partial charge in [-0.1, -0.05) is 15.9 Å². The molecule has 0 bridgehead atoms. The molecule has 0 aromatic heterocycles. The number of nitrogen functional groups attached to an aromatic ring is 1. The zero-order chi connectivity index (χ0) is 12.1. The van der Waals surface area contributed by atoms with Gasteiger partial charge in [0.2, 0.25) is 5.91 Å². The van der Waals surface area contributed by atoms with Crippen LogP contribution in [-0.2, 0) is 4.79 Å². The van der Waals surface area contributed by atoms with E-state index in [1.807, 2.05) is 5.32 Å². The number of hydrogen-bond donors (Lipinski definition) is 4. The molecule has 0 saturated heterocycles.